The minimum absolute atomic E-state index is 0.0488. The van der Waals surface area contributed by atoms with Gasteiger partial charge in [-0.3, -0.25) is 4.79 Å². The van der Waals surface area contributed by atoms with E-state index in [2.05, 4.69) is 88.2 Å². The molecular weight excluding hydrogens is 372 g/mol. The van der Waals surface area contributed by atoms with Crippen LogP contribution in [0.15, 0.2) is 0 Å². The van der Waals surface area contributed by atoms with Crippen molar-refractivity contribution in [3.8, 4) is 47.4 Å². The highest BCUT2D eigenvalue weighted by atomic mass is 28.4. The van der Waals surface area contributed by atoms with Crippen LogP contribution in [0.2, 0.25) is 18.1 Å². The Balaban J connectivity index is 3.86. The first-order valence-corrected chi connectivity index (χ1v) is 13.7. The van der Waals surface area contributed by atoms with Crippen LogP contribution in [0.5, 0.6) is 0 Å². The quantitative estimate of drug-likeness (QED) is 0.273. The summed E-state index contributed by atoms with van der Waals surface area (Å²) in [5.41, 5.74) is 0. The van der Waals surface area contributed by atoms with Crippen LogP contribution in [0.3, 0.4) is 0 Å². The molecule has 0 heterocycles. The van der Waals surface area contributed by atoms with E-state index >= 15 is 0 Å². The Kier molecular flexibility index (Phi) is 14.7. The van der Waals surface area contributed by atoms with Crippen molar-refractivity contribution in [2.45, 2.75) is 110 Å². The Labute approximate surface area is 181 Å². The van der Waals surface area contributed by atoms with Gasteiger partial charge in [-0.15, -0.1) is 11.8 Å². The lowest BCUT2D eigenvalue weighted by Gasteiger charge is -2.35. The summed E-state index contributed by atoms with van der Waals surface area (Å²) in [5.74, 6) is 24.3. The van der Waals surface area contributed by atoms with Crippen LogP contribution in [0.25, 0.3) is 0 Å². The van der Waals surface area contributed by atoms with Gasteiger partial charge in [-0.25, -0.2) is 0 Å². The first-order chi connectivity index (χ1) is 13.7. The second kappa shape index (κ2) is 15.8. The standard InChI is InChI=1S/C26H38O2Si/c1-7-8-9-10-11-12-13-14-15-16-17-18-19-20-21-22-23-24-25(27)28-29(5,6)26(2,3)4/h7-10,13,16,19,22-24H2,1-6H3. The van der Waals surface area contributed by atoms with E-state index in [1.807, 2.05) is 0 Å². The number of rotatable bonds is 7. The van der Waals surface area contributed by atoms with Crippen molar-refractivity contribution in [2.24, 2.45) is 0 Å². The van der Waals surface area contributed by atoms with Crippen molar-refractivity contribution in [3.05, 3.63) is 0 Å². The zero-order valence-corrected chi connectivity index (χ0v) is 20.4. The minimum atomic E-state index is -2.00. The van der Waals surface area contributed by atoms with Gasteiger partial charge in [-0.2, -0.15) is 0 Å². The van der Waals surface area contributed by atoms with Crippen LogP contribution in [0.1, 0.15) is 91.9 Å². The smallest absolute Gasteiger partial charge is 0.292 e. The SMILES string of the molecule is CCCCCC#CCC#CCC#CCC#CCCCC(=O)O[Si](C)(C)C(C)(C)C. The second-order valence-electron chi connectivity index (χ2n) is 8.49. The van der Waals surface area contributed by atoms with Gasteiger partial charge in [0.1, 0.15) is 0 Å². The molecule has 0 saturated carbocycles. The molecule has 0 aromatic carbocycles. The van der Waals surface area contributed by atoms with E-state index in [0.29, 0.717) is 32.1 Å². The van der Waals surface area contributed by atoms with Crippen molar-refractivity contribution in [3.63, 3.8) is 0 Å². The van der Waals surface area contributed by atoms with Gasteiger partial charge in [0, 0.05) is 19.3 Å². The topological polar surface area (TPSA) is 26.3 Å². The summed E-state index contributed by atoms with van der Waals surface area (Å²) in [6.07, 6.45) is 8.26. The van der Waals surface area contributed by atoms with Crippen LogP contribution < -0.4 is 0 Å². The zero-order valence-electron chi connectivity index (χ0n) is 19.4. The van der Waals surface area contributed by atoms with Crippen LogP contribution in [0.4, 0.5) is 0 Å². The maximum absolute atomic E-state index is 12.0. The highest BCUT2D eigenvalue weighted by molar-refractivity contribution is 6.75. The summed E-state index contributed by atoms with van der Waals surface area (Å²) < 4.78 is 5.74. The van der Waals surface area contributed by atoms with Crippen molar-refractivity contribution >= 4 is 14.3 Å². The molecule has 0 radical (unpaired) electrons. The molecule has 29 heavy (non-hydrogen) atoms. The Morgan fingerprint density at radius 2 is 1.21 bits per heavy atom. The third-order valence-electron chi connectivity index (χ3n) is 4.79. The number of carbonyl (C=O) groups is 1. The van der Waals surface area contributed by atoms with Gasteiger partial charge in [-0.1, -0.05) is 76.1 Å². The molecule has 3 heteroatoms. The minimum Gasteiger partial charge on any atom is -0.519 e. The lowest BCUT2D eigenvalue weighted by atomic mass is 10.2. The average molecular weight is 411 g/mol. The van der Waals surface area contributed by atoms with Gasteiger partial charge in [0.25, 0.3) is 14.3 Å². The second-order valence-corrected chi connectivity index (χ2v) is 13.2. The molecule has 0 bridgehead atoms. The normalized spacial score (nSPS) is 10.1. The van der Waals surface area contributed by atoms with Crippen molar-refractivity contribution in [1.82, 2.24) is 0 Å². The molecule has 0 aliphatic heterocycles. The molecule has 0 fully saturated rings. The summed E-state index contributed by atoms with van der Waals surface area (Å²) in [5, 5.41) is 0.0488. The van der Waals surface area contributed by atoms with E-state index in [-0.39, 0.29) is 11.0 Å². The Morgan fingerprint density at radius 3 is 1.66 bits per heavy atom. The van der Waals surface area contributed by atoms with E-state index in [1.54, 1.807) is 0 Å². The summed E-state index contributed by atoms with van der Waals surface area (Å²) in [4.78, 5) is 12.0. The largest absolute Gasteiger partial charge is 0.519 e. The summed E-state index contributed by atoms with van der Waals surface area (Å²) in [6, 6.07) is 0. The van der Waals surface area contributed by atoms with Gasteiger partial charge in [0.2, 0.25) is 0 Å². The molecule has 0 amide bonds. The Hall–Kier alpha value is -2.07. The van der Waals surface area contributed by atoms with E-state index < -0.39 is 8.32 Å². The molecule has 0 N–H and O–H groups in total. The van der Waals surface area contributed by atoms with E-state index in [1.165, 1.54) is 19.3 Å². The first kappa shape index (κ1) is 26.9. The summed E-state index contributed by atoms with van der Waals surface area (Å²) in [7, 11) is -2.00. The third-order valence-corrected chi connectivity index (χ3v) is 9.14. The summed E-state index contributed by atoms with van der Waals surface area (Å²) >= 11 is 0. The van der Waals surface area contributed by atoms with E-state index in [9.17, 15) is 4.79 Å². The van der Waals surface area contributed by atoms with E-state index in [0.717, 1.165) is 12.8 Å². The fourth-order valence-corrected chi connectivity index (χ4v) is 2.94. The van der Waals surface area contributed by atoms with Crippen LogP contribution >= 0.6 is 0 Å². The van der Waals surface area contributed by atoms with E-state index in [4.69, 9.17) is 4.43 Å². The first-order valence-electron chi connectivity index (χ1n) is 10.8. The Morgan fingerprint density at radius 1 is 0.759 bits per heavy atom. The molecular formula is C26H38O2Si. The number of unbranched alkanes of at least 4 members (excludes halogenated alkanes) is 4. The monoisotopic (exact) mass is 410 g/mol. The van der Waals surface area contributed by atoms with Crippen LogP contribution in [-0.4, -0.2) is 14.3 Å². The zero-order chi connectivity index (χ0) is 22.0. The molecule has 0 spiro atoms. The molecule has 158 valence electrons. The molecule has 0 rings (SSSR count). The fourth-order valence-electron chi connectivity index (χ4n) is 1.96. The van der Waals surface area contributed by atoms with Crippen molar-refractivity contribution in [2.75, 3.05) is 0 Å². The highest BCUT2D eigenvalue weighted by Crippen LogP contribution is 2.36. The predicted octanol–water partition coefficient (Wildman–Crippen LogP) is 6.47. The maximum Gasteiger partial charge on any atom is 0.292 e. The number of hydrogen-bond donors (Lipinski definition) is 0. The van der Waals surface area contributed by atoms with Gasteiger partial charge < -0.3 is 4.43 Å². The van der Waals surface area contributed by atoms with Gasteiger partial charge in [0.05, 0.1) is 19.3 Å². The third kappa shape index (κ3) is 15.5. The molecule has 0 aliphatic carbocycles. The number of carbonyl (C=O) groups excluding carboxylic acids is 1. The van der Waals surface area contributed by atoms with Gasteiger partial charge >= 0.3 is 0 Å². The summed E-state index contributed by atoms with van der Waals surface area (Å²) in [6.45, 7) is 12.8. The van der Waals surface area contributed by atoms with Crippen molar-refractivity contribution < 1.29 is 9.22 Å². The maximum atomic E-state index is 12.0. The lowest BCUT2D eigenvalue weighted by Crippen LogP contribution is -2.42. The van der Waals surface area contributed by atoms with Crippen LogP contribution in [0, 0.1) is 47.4 Å². The molecule has 0 aromatic rings. The Bertz CT molecular complexity index is 725. The molecule has 2 nitrogen and oxygen atoms in total. The molecule has 0 unspecified atom stereocenters. The highest BCUT2D eigenvalue weighted by Gasteiger charge is 2.40. The van der Waals surface area contributed by atoms with Crippen LogP contribution in [-0.2, 0) is 9.22 Å². The molecule has 0 atom stereocenters. The molecule has 0 aliphatic rings. The number of hydrogen-bond acceptors (Lipinski definition) is 2. The lowest BCUT2D eigenvalue weighted by molar-refractivity contribution is -0.135. The van der Waals surface area contributed by atoms with Gasteiger partial charge in [0.15, 0.2) is 0 Å². The predicted molar refractivity (Wildman–Crippen MR) is 126 cm³/mol. The average Bonchev–Trinajstić information content (AvgIpc) is 2.63. The van der Waals surface area contributed by atoms with Gasteiger partial charge in [-0.05, 0) is 31.0 Å². The molecule has 0 aromatic heterocycles. The fraction of sp³-hybridized carbons (Fsp3) is 0.654. The molecule has 0 saturated heterocycles. The van der Waals surface area contributed by atoms with Crippen molar-refractivity contribution in [1.29, 1.82) is 0 Å².